The van der Waals surface area contributed by atoms with Crippen LogP contribution in [0, 0.1) is 5.92 Å². The summed E-state index contributed by atoms with van der Waals surface area (Å²) >= 11 is 0. The average Bonchev–Trinajstić information content (AvgIpc) is 2.98. The molecule has 1 heterocycles. The van der Waals surface area contributed by atoms with Gasteiger partial charge in [-0.2, -0.15) is 28.2 Å². The van der Waals surface area contributed by atoms with E-state index in [1.807, 2.05) is 13.8 Å². The first-order valence-electron chi connectivity index (χ1n) is 7.13. The normalized spacial score (nSPS) is 14.1. The number of nitrogens with one attached hydrogen (secondary N) is 1. The predicted octanol–water partition coefficient (Wildman–Crippen LogP) is 2.30. The van der Waals surface area contributed by atoms with Gasteiger partial charge in [0, 0.05) is 6.04 Å². The molecule has 0 bridgehead atoms. The number of alkyl halides is 3. The lowest BCUT2D eigenvalue weighted by Crippen LogP contribution is -2.41. The lowest BCUT2D eigenvalue weighted by Gasteiger charge is -2.21. The van der Waals surface area contributed by atoms with Crippen molar-refractivity contribution in [3.63, 3.8) is 0 Å². The van der Waals surface area contributed by atoms with E-state index in [1.165, 1.54) is 17.2 Å². The highest BCUT2D eigenvalue weighted by atomic mass is 32.2. The van der Waals surface area contributed by atoms with Crippen LogP contribution in [0.4, 0.5) is 13.2 Å². The van der Waals surface area contributed by atoms with Gasteiger partial charge in [0.05, 0.1) is 29.4 Å². The number of benzene rings is 1. The van der Waals surface area contributed by atoms with E-state index in [-0.39, 0.29) is 17.4 Å². The van der Waals surface area contributed by atoms with Crippen molar-refractivity contribution in [2.45, 2.75) is 37.5 Å². The fourth-order valence-corrected chi connectivity index (χ4v) is 3.36. The van der Waals surface area contributed by atoms with Gasteiger partial charge in [-0.3, -0.25) is 0 Å². The Balaban J connectivity index is 2.19. The third-order valence-electron chi connectivity index (χ3n) is 3.43. The number of sulfonamides is 1. The zero-order chi connectivity index (χ0) is 18.0. The minimum absolute atomic E-state index is 0.0692. The summed E-state index contributed by atoms with van der Waals surface area (Å²) in [4.78, 5) is 1.12. The summed E-state index contributed by atoms with van der Waals surface area (Å²) in [5.41, 5.74) is -0.900. The zero-order valence-electron chi connectivity index (χ0n) is 13.0. The molecule has 1 N–H and O–H groups in total. The van der Waals surface area contributed by atoms with Gasteiger partial charge in [0.2, 0.25) is 10.0 Å². The van der Waals surface area contributed by atoms with E-state index in [1.54, 1.807) is 0 Å². The van der Waals surface area contributed by atoms with Crippen molar-refractivity contribution in [2.24, 2.45) is 5.92 Å². The van der Waals surface area contributed by atoms with Crippen LogP contribution in [-0.2, 0) is 22.7 Å². The van der Waals surface area contributed by atoms with Crippen LogP contribution in [0.1, 0.15) is 19.4 Å². The van der Waals surface area contributed by atoms with Gasteiger partial charge in [-0.15, -0.1) is 0 Å². The number of hydrogen-bond acceptors (Lipinski definition) is 4. The second-order valence-electron chi connectivity index (χ2n) is 5.58. The highest BCUT2D eigenvalue weighted by Gasteiger charge is 2.31. The Morgan fingerprint density at radius 3 is 2.12 bits per heavy atom. The maximum atomic E-state index is 12.6. The van der Waals surface area contributed by atoms with Crippen molar-refractivity contribution < 1.29 is 21.6 Å². The van der Waals surface area contributed by atoms with E-state index in [4.69, 9.17) is 0 Å². The van der Waals surface area contributed by atoms with E-state index in [9.17, 15) is 21.6 Å². The molecule has 1 aromatic carbocycles. The van der Waals surface area contributed by atoms with Gasteiger partial charge in [0.25, 0.3) is 0 Å². The Bertz CT molecular complexity index is 756. The van der Waals surface area contributed by atoms with Crippen LogP contribution in [0.5, 0.6) is 0 Å². The van der Waals surface area contributed by atoms with Crippen LogP contribution >= 0.6 is 0 Å². The van der Waals surface area contributed by atoms with E-state index in [2.05, 4.69) is 14.9 Å². The van der Waals surface area contributed by atoms with E-state index in [0.717, 1.165) is 24.3 Å². The maximum Gasteiger partial charge on any atom is 0.416 e. The van der Waals surface area contributed by atoms with Crippen LogP contribution in [0.2, 0.25) is 0 Å². The molecule has 24 heavy (non-hydrogen) atoms. The van der Waals surface area contributed by atoms with E-state index < -0.39 is 27.8 Å². The quantitative estimate of drug-likeness (QED) is 0.855. The molecule has 0 saturated carbocycles. The molecule has 10 heteroatoms. The number of hydrogen-bond donors (Lipinski definition) is 1. The highest BCUT2D eigenvalue weighted by Crippen LogP contribution is 2.29. The number of halogens is 3. The van der Waals surface area contributed by atoms with Crippen LogP contribution in [-0.4, -0.2) is 29.5 Å². The molecular weight excluding hydrogens is 345 g/mol. The van der Waals surface area contributed by atoms with Crippen molar-refractivity contribution in [2.75, 3.05) is 0 Å². The fourth-order valence-electron chi connectivity index (χ4n) is 1.99. The van der Waals surface area contributed by atoms with Crippen LogP contribution in [0.3, 0.4) is 0 Å². The second kappa shape index (κ2) is 6.89. The zero-order valence-corrected chi connectivity index (χ0v) is 13.8. The molecule has 0 aliphatic heterocycles. The minimum atomic E-state index is -4.51. The Hall–Kier alpha value is -1.94. The lowest BCUT2D eigenvalue weighted by atomic mass is 10.1. The molecule has 0 spiro atoms. The van der Waals surface area contributed by atoms with Gasteiger partial charge in [0.15, 0.2) is 0 Å². The number of aromatic nitrogens is 3. The summed E-state index contributed by atoms with van der Waals surface area (Å²) in [6.45, 7) is 3.86. The van der Waals surface area contributed by atoms with Crippen molar-refractivity contribution >= 4 is 10.0 Å². The number of rotatable bonds is 6. The fraction of sp³-hybridized carbons (Fsp3) is 0.429. The highest BCUT2D eigenvalue weighted by molar-refractivity contribution is 7.89. The van der Waals surface area contributed by atoms with E-state index >= 15 is 0 Å². The molecule has 6 nitrogen and oxygen atoms in total. The number of nitrogens with zero attached hydrogens (tertiary/aromatic N) is 3. The van der Waals surface area contributed by atoms with Crippen LogP contribution in [0.15, 0.2) is 41.6 Å². The van der Waals surface area contributed by atoms with Crippen molar-refractivity contribution in [3.05, 3.63) is 42.2 Å². The van der Waals surface area contributed by atoms with Gasteiger partial charge in [-0.25, -0.2) is 13.1 Å². The summed E-state index contributed by atoms with van der Waals surface area (Å²) in [5.74, 6) is -0.0692. The predicted molar refractivity (Wildman–Crippen MR) is 80.4 cm³/mol. The topological polar surface area (TPSA) is 76.9 Å². The van der Waals surface area contributed by atoms with Crippen LogP contribution in [0.25, 0.3) is 0 Å². The van der Waals surface area contributed by atoms with Gasteiger partial charge in [-0.1, -0.05) is 13.8 Å². The van der Waals surface area contributed by atoms with Gasteiger partial charge < -0.3 is 0 Å². The molecule has 0 amide bonds. The Morgan fingerprint density at radius 1 is 1.12 bits per heavy atom. The molecule has 0 aliphatic carbocycles. The Morgan fingerprint density at radius 2 is 1.67 bits per heavy atom. The van der Waals surface area contributed by atoms with Crippen LogP contribution < -0.4 is 4.72 Å². The largest absolute Gasteiger partial charge is 0.416 e. The summed E-state index contributed by atoms with van der Waals surface area (Å²) in [5, 5.41) is 7.85. The SMILES string of the molecule is CC(C)[C@@H](Cn1nccn1)NS(=O)(=O)c1ccc(C(F)(F)F)cc1. The molecule has 2 aromatic rings. The Kier molecular flexibility index (Phi) is 5.29. The average molecular weight is 362 g/mol. The van der Waals surface area contributed by atoms with Crippen molar-refractivity contribution in [3.8, 4) is 0 Å². The first-order valence-corrected chi connectivity index (χ1v) is 8.61. The molecule has 2 rings (SSSR count). The molecule has 0 aliphatic rings. The van der Waals surface area contributed by atoms with Gasteiger partial charge in [0.1, 0.15) is 0 Å². The molecule has 0 fully saturated rings. The summed E-state index contributed by atoms with van der Waals surface area (Å²) in [7, 11) is -3.96. The summed E-state index contributed by atoms with van der Waals surface area (Å²) < 4.78 is 65.0. The molecule has 1 atom stereocenters. The van der Waals surface area contributed by atoms with Crippen molar-refractivity contribution in [1.29, 1.82) is 0 Å². The van der Waals surface area contributed by atoms with Gasteiger partial charge >= 0.3 is 6.18 Å². The van der Waals surface area contributed by atoms with E-state index in [0.29, 0.717) is 0 Å². The smallest absolute Gasteiger partial charge is 0.207 e. The molecular formula is C14H17F3N4O2S. The molecule has 0 unspecified atom stereocenters. The first kappa shape index (κ1) is 18.4. The molecule has 1 aromatic heterocycles. The summed E-state index contributed by atoms with van der Waals surface area (Å²) in [6.07, 6.45) is -1.56. The molecule has 0 saturated heterocycles. The monoisotopic (exact) mass is 362 g/mol. The summed E-state index contributed by atoms with van der Waals surface area (Å²) in [6, 6.07) is 2.86. The second-order valence-corrected chi connectivity index (χ2v) is 7.29. The maximum absolute atomic E-state index is 12.6. The Labute approximate surface area is 137 Å². The standard InChI is InChI=1S/C14H17F3N4O2S/c1-10(2)13(9-21-18-7-8-19-21)20-24(22,23)12-5-3-11(4-6-12)14(15,16)17/h3-8,10,13,20H,9H2,1-2H3/t13-/m1/s1. The van der Waals surface area contributed by atoms with Crippen molar-refractivity contribution in [1.82, 2.24) is 19.7 Å². The van der Waals surface area contributed by atoms with Gasteiger partial charge in [-0.05, 0) is 30.2 Å². The molecule has 132 valence electrons. The first-order chi connectivity index (χ1) is 11.1. The third kappa shape index (κ3) is 4.54. The molecule has 0 radical (unpaired) electrons. The third-order valence-corrected chi connectivity index (χ3v) is 4.94. The lowest BCUT2D eigenvalue weighted by molar-refractivity contribution is -0.137. The minimum Gasteiger partial charge on any atom is -0.207 e.